The molecular formula is C15H20N4. The van der Waals surface area contributed by atoms with Gasteiger partial charge in [0.05, 0.1) is 17.2 Å². The summed E-state index contributed by atoms with van der Waals surface area (Å²) < 4.78 is 0. The smallest absolute Gasteiger partial charge is 0.145 e. The molecule has 1 aromatic carbocycles. The maximum Gasteiger partial charge on any atom is 0.145 e. The lowest BCUT2D eigenvalue weighted by atomic mass is 10.3. The van der Waals surface area contributed by atoms with Crippen molar-refractivity contribution >= 4 is 16.9 Å². The van der Waals surface area contributed by atoms with E-state index in [2.05, 4.69) is 27.1 Å². The molecule has 0 radical (unpaired) electrons. The van der Waals surface area contributed by atoms with Gasteiger partial charge in [0.2, 0.25) is 0 Å². The number of fused-ring (bicyclic) bond motifs is 1. The average molecular weight is 256 g/mol. The Labute approximate surface area is 113 Å². The Hall–Kier alpha value is -1.68. The lowest BCUT2D eigenvalue weighted by molar-refractivity contribution is 0.327. The van der Waals surface area contributed by atoms with Gasteiger partial charge in [0.15, 0.2) is 0 Å². The van der Waals surface area contributed by atoms with Crippen LogP contribution in [0.3, 0.4) is 0 Å². The van der Waals surface area contributed by atoms with Gasteiger partial charge in [-0.3, -0.25) is 4.98 Å². The molecule has 1 aliphatic heterocycles. The molecule has 0 bridgehead atoms. The van der Waals surface area contributed by atoms with Crippen LogP contribution in [0.15, 0.2) is 30.5 Å². The summed E-state index contributed by atoms with van der Waals surface area (Å²) in [6.07, 6.45) is 4.49. The molecule has 19 heavy (non-hydrogen) atoms. The quantitative estimate of drug-likeness (QED) is 0.912. The van der Waals surface area contributed by atoms with Crippen LogP contribution >= 0.6 is 0 Å². The van der Waals surface area contributed by atoms with Gasteiger partial charge in [-0.25, -0.2) is 4.98 Å². The van der Waals surface area contributed by atoms with E-state index in [1.165, 1.54) is 25.9 Å². The first-order chi connectivity index (χ1) is 9.31. The number of likely N-dealkylation sites (tertiary alicyclic amines) is 1. The van der Waals surface area contributed by atoms with Crippen molar-refractivity contribution in [1.82, 2.24) is 14.9 Å². The molecule has 1 atom stereocenters. The highest BCUT2D eigenvalue weighted by molar-refractivity contribution is 5.75. The molecule has 0 spiro atoms. The summed E-state index contributed by atoms with van der Waals surface area (Å²) in [7, 11) is 0. The monoisotopic (exact) mass is 256 g/mol. The third-order valence-corrected chi connectivity index (χ3v) is 3.57. The number of nitrogens with one attached hydrogen (secondary N) is 1. The molecule has 0 amide bonds. The van der Waals surface area contributed by atoms with Crippen LogP contribution in [-0.2, 0) is 0 Å². The molecule has 1 unspecified atom stereocenters. The van der Waals surface area contributed by atoms with E-state index in [9.17, 15) is 0 Å². The van der Waals surface area contributed by atoms with Crippen molar-refractivity contribution in [3.8, 4) is 0 Å². The predicted octanol–water partition coefficient (Wildman–Crippen LogP) is 2.53. The van der Waals surface area contributed by atoms with Crippen LogP contribution in [0.4, 0.5) is 5.82 Å². The van der Waals surface area contributed by atoms with E-state index in [0.717, 1.165) is 23.4 Å². The fourth-order valence-corrected chi connectivity index (χ4v) is 2.68. The number of aromatic nitrogens is 2. The van der Waals surface area contributed by atoms with Crippen LogP contribution in [0.5, 0.6) is 0 Å². The number of hydrogen-bond donors (Lipinski definition) is 1. The minimum absolute atomic E-state index is 0.397. The van der Waals surface area contributed by atoms with Crippen LogP contribution in [0.1, 0.15) is 19.8 Å². The summed E-state index contributed by atoms with van der Waals surface area (Å²) in [6, 6.07) is 8.36. The number of anilines is 1. The Kier molecular flexibility index (Phi) is 3.60. The fraction of sp³-hybridized carbons (Fsp3) is 0.467. The third kappa shape index (κ3) is 3.01. The van der Waals surface area contributed by atoms with Gasteiger partial charge in [0.25, 0.3) is 0 Å². The SMILES string of the molecule is CC(CN1CCCC1)Nc1cnc2ccccc2n1. The van der Waals surface area contributed by atoms with E-state index in [4.69, 9.17) is 0 Å². The van der Waals surface area contributed by atoms with Crippen molar-refractivity contribution in [3.63, 3.8) is 0 Å². The van der Waals surface area contributed by atoms with Crippen molar-refractivity contribution in [2.75, 3.05) is 25.0 Å². The van der Waals surface area contributed by atoms with E-state index in [1.54, 1.807) is 0 Å². The number of rotatable bonds is 4. The van der Waals surface area contributed by atoms with Crippen LogP contribution in [0, 0.1) is 0 Å². The predicted molar refractivity (Wildman–Crippen MR) is 78.3 cm³/mol. The first kappa shape index (κ1) is 12.4. The van der Waals surface area contributed by atoms with Gasteiger partial charge in [-0.05, 0) is 45.0 Å². The van der Waals surface area contributed by atoms with E-state index in [-0.39, 0.29) is 0 Å². The van der Waals surface area contributed by atoms with Crippen molar-refractivity contribution < 1.29 is 0 Å². The summed E-state index contributed by atoms with van der Waals surface area (Å²) in [6.45, 7) is 5.74. The second kappa shape index (κ2) is 5.53. The molecule has 1 aliphatic rings. The van der Waals surface area contributed by atoms with Gasteiger partial charge in [-0.15, -0.1) is 0 Å². The Morgan fingerprint density at radius 1 is 1.21 bits per heavy atom. The van der Waals surface area contributed by atoms with E-state index < -0.39 is 0 Å². The maximum absolute atomic E-state index is 4.60. The second-order valence-electron chi connectivity index (χ2n) is 5.30. The van der Waals surface area contributed by atoms with Crippen LogP contribution in [-0.4, -0.2) is 40.5 Å². The zero-order valence-electron chi connectivity index (χ0n) is 11.3. The molecule has 2 heterocycles. The highest BCUT2D eigenvalue weighted by Gasteiger charge is 2.14. The zero-order chi connectivity index (χ0) is 13.1. The Morgan fingerprint density at radius 2 is 1.95 bits per heavy atom. The molecule has 4 nitrogen and oxygen atoms in total. The van der Waals surface area contributed by atoms with Crippen molar-refractivity contribution in [2.24, 2.45) is 0 Å². The summed E-state index contributed by atoms with van der Waals surface area (Å²) in [5.41, 5.74) is 1.89. The average Bonchev–Trinajstić information content (AvgIpc) is 2.91. The number of benzene rings is 1. The van der Waals surface area contributed by atoms with Gasteiger partial charge < -0.3 is 10.2 Å². The first-order valence-corrected chi connectivity index (χ1v) is 7.02. The lowest BCUT2D eigenvalue weighted by Gasteiger charge is -2.21. The topological polar surface area (TPSA) is 41.0 Å². The summed E-state index contributed by atoms with van der Waals surface area (Å²) in [5.74, 6) is 0.866. The first-order valence-electron chi connectivity index (χ1n) is 7.02. The van der Waals surface area contributed by atoms with Gasteiger partial charge >= 0.3 is 0 Å². The highest BCUT2D eigenvalue weighted by Crippen LogP contribution is 2.13. The van der Waals surface area contributed by atoms with Crippen molar-refractivity contribution in [3.05, 3.63) is 30.5 Å². The van der Waals surface area contributed by atoms with Crippen LogP contribution < -0.4 is 5.32 Å². The number of para-hydroxylation sites is 2. The molecule has 1 N–H and O–H groups in total. The normalized spacial score (nSPS) is 17.7. The number of nitrogens with zero attached hydrogens (tertiary/aromatic N) is 3. The molecule has 3 rings (SSSR count). The molecule has 1 aromatic heterocycles. The summed E-state index contributed by atoms with van der Waals surface area (Å²) in [4.78, 5) is 11.5. The van der Waals surface area contributed by atoms with E-state index >= 15 is 0 Å². The van der Waals surface area contributed by atoms with Crippen LogP contribution in [0.25, 0.3) is 11.0 Å². The highest BCUT2D eigenvalue weighted by atomic mass is 15.2. The zero-order valence-corrected chi connectivity index (χ0v) is 11.3. The summed E-state index contributed by atoms with van der Waals surface area (Å²) in [5, 5.41) is 3.45. The molecule has 0 saturated carbocycles. The number of hydrogen-bond acceptors (Lipinski definition) is 4. The van der Waals surface area contributed by atoms with E-state index in [0.29, 0.717) is 6.04 Å². The standard InChI is InChI=1S/C15H20N4/c1-12(11-19-8-4-5-9-19)17-15-10-16-13-6-2-3-7-14(13)18-15/h2-3,6-7,10,12H,4-5,8-9,11H2,1H3,(H,17,18). The molecule has 100 valence electrons. The molecule has 0 aliphatic carbocycles. The Morgan fingerprint density at radius 3 is 2.74 bits per heavy atom. The Bertz CT molecular complexity index is 549. The van der Waals surface area contributed by atoms with Gasteiger partial charge in [-0.2, -0.15) is 0 Å². The van der Waals surface area contributed by atoms with Gasteiger partial charge in [-0.1, -0.05) is 12.1 Å². The maximum atomic E-state index is 4.60. The molecular weight excluding hydrogens is 236 g/mol. The minimum atomic E-state index is 0.397. The molecule has 1 saturated heterocycles. The molecule has 4 heteroatoms. The van der Waals surface area contributed by atoms with E-state index in [1.807, 2.05) is 30.5 Å². The fourth-order valence-electron chi connectivity index (χ4n) is 2.68. The van der Waals surface area contributed by atoms with Gasteiger partial charge in [0.1, 0.15) is 5.82 Å². The molecule has 1 fully saturated rings. The summed E-state index contributed by atoms with van der Waals surface area (Å²) >= 11 is 0. The minimum Gasteiger partial charge on any atom is -0.365 e. The van der Waals surface area contributed by atoms with Gasteiger partial charge in [0, 0.05) is 12.6 Å². The lowest BCUT2D eigenvalue weighted by Crippen LogP contribution is -2.33. The van der Waals surface area contributed by atoms with Crippen molar-refractivity contribution in [1.29, 1.82) is 0 Å². The van der Waals surface area contributed by atoms with Crippen LogP contribution in [0.2, 0.25) is 0 Å². The van der Waals surface area contributed by atoms with Crippen molar-refractivity contribution in [2.45, 2.75) is 25.8 Å². The molecule has 2 aromatic rings. The largest absolute Gasteiger partial charge is 0.365 e. The Balaban J connectivity index is 1.66. The second-order valence-corrected chi connectivity index (χ2v) is 5.30. The third-order valence-electron chi connectivity index (χ3n) is 3.57.